The lowest BCUT2D eigenvalue weighted by atomic mass is 10.1. The lowest BCUT2D eigenvalue weighted by Crippen LogP contribution is -2.38. The molecule has 1 aromatic carbocycles. The molecule has 1 saturated heterocycles. The minimum atomic E-state index is -0.312. The summed E-state index contributed by atoms with van der Waals surface area (Å²) in [7, 11) is 2.04. The normalized spacial score (nSPS) is 19.9. The average Bonchev–Trinajstić information content (AvgIpc) is 2.72. The number of carbonyl (C=O) groups is 1. The average molecular weight is 250 g/mol. The predicted octanol–water partition coefficient (Wildman–Crippen LogP) is 0.922. The van der Waals surface area contributed by atoms with Crippen LogP contribution >= 0.6 is 0 Å². The molecule has 1 amide bonds. The van der Waals surface area contributed by atoms with Crippen molar-refractivity contribution < 1.29 is 15.0 Å². The van der Waals surface area contributed by atoms with Gasteiger partial charge in [0, 0.05) is 18.7 Å². The monoisotopic (exact) mass is 250 g/mol. The number of benzene rings is 1. The Bertz CT molecular complexity index is 448. The topological polar surface area (TPSA) is 72.8 Å². The van der Waals surface area contributed by atoms with Gasteiger partial charge in [-0.25, -0.2) is 0 Å². The Balaban J connectivity index is 1.95. The zero-order valence-corrected chi connectivity index (χ0v) is 10.4. The van der Waals surface area contributed by atoms with Crippen molar-refractivity contribution in [1.82, 2.24) is 10.2 Å². The van der Waals surface area contributed by atoms with Crippen molar-refractivity contribution >= 4 is 5.91 Å². The molecule has 3 N–H and O–H groups in total. The van der Waals surface area contributed by atoms with Gasteiger partial charge in [0.25, 0.3) is 5.91 Å². The SMILES string of the molecule is CN1CCCC1CNC(=O)c1ccc(O)cc1O. The van der Waals surface area contributed by atoms with Gasteiger partial charge in [-0.15, -0.1) is 0 Å². The number of phenols is 2. The van der Waals surface area contributed by atoms with Gasteiger partial charge < -0.3 is 20.4 Å². The van der Waals surface area contributed by atoms with E-state index in [0.29, 0.717) is 12.6 Å². The van der Waals surface area contributed by atoms with Crippen LogP contribution < -0.4 is 5.32 Å². The molecule has 0 aromatic heterocycles. The number of phenolic OH excluding ortho intramolecular Hbond substituents is 2. The molecule has 0 bridgehead atoms. The van der Waals surface area contributed by atoms with E-state index < -0.39 is 0 Å². The van der Waals surface area contributed by atoms with Crippen LogP contribution in [-0.2, 0) is 0 Å². The van der Waals surface area contributed by atoms with Crippen LogP contribution in [0, 0.1) is 0 Å². The molecule has 5 heteroatoms. The number of likely N-dealkylation sites (tertiary alicyclic amines) is 1. The molecule has 0 saturated carbocycles. The van der Waals surface area contributed by atoms with Gasteiger partial charge in [-0.3, -0.25) is 4.79 Å². The third-order valence-corrected chi connectivity index (χ3v) is 3.40. The summed E-state index contributed by atoms with van der Waals surface area (Å²) >= 11 is 0. The second-order valence-corrected chi connectivity index (χ2v) is 4.69. The van der Waals surface area contributed by atoms with Crippen molar-refractivity contribution in [1.29, 1.82) is 0 Å². The van der Waals surface area contributed by atoms with Crippen LogP contribution in [0.2, 0.25) is 0 Å². The van der Waals surface area contributed by atoms with Gasteiger partial charge in [-0.1, -0.05) is 0 Å². The third-order valence-electron chi connectivity index (χ3n) is 3.40. The van der Waals surface area contributed by atoms with E-state index in [1.165, 1.54) is 12.1 Å². The summed E-state index contributed by atoms with van der Waals surface area (Å²) < 4.78 is 0. The second-order valence-electron chi connectivity index (χ2n) is 4.69. The quantitative estimate of drug-likeness (QED) is 0.746. The summed E-state index contributed by atoms with van der Waals surface area (Å²) in [5, 5.41) is 21.5. The number of likely N-dealkylation sites (N-methyl/N-ethyl adjacent to an activating group) is 1. The molecular formula is C13H18N2O3. The molecule has 1 aliphatic heterocycles. The first-order valence-electron chi connectivity index (χ1n) is 6.08. The van der Waals surface area contributed by atoms with Crippen LogP contribution in [-0.4, -0.2) is 47.2 Å². The Morgan fingerprint density at radius 1 is 1.50 bits per heavy atom. The van der Waals surface area contributed by atoms with Gasteiger partial charge in [0.2, 0.25) is 0 Å². The molecule has 1 atom stereocenters. The Morgan fingerprint density at radius 3 is 2.89 bits per heavy atom. The highest BCUT2D eigenvalue weighted by Gasteiger charge is 2.21. The first-order chi connectivity index (χ1) is 8.58. The Morgan fingerprint density at radius 2 is 2.28 bits per heavy atom. The van der Waals surface area contributed by atoms with Crippen molar-refractivity contribution in [2.24, 2.45) is 0 Å². The van der Waals surface area contributed by atoms with Gasteiger partial charge >= 0.3 is 0 Å². The van der Waals surface area contributed by atoms with Crippen molar-refractivity contribution in [3.05, 3.63) is 23.8 Å². The number of nitrogens with one attached hydrogen (secondary N) is 1. The van der Waals surface area contributed by atoms with Gasteiger partial charge in [0.05, 0.1) is 5.56 Å². The van der Waals surface area contributed by atoms with E-state index in [0.717, 1.165) is 25.5 Å². The first kappa shape index (κ1) is 12.7. The largest absolute Gasteiger partial charge is 0.508 e. The maximum atomic E-state index is 11.9. The van der Waals surface area contributed by atoms with Crippen LogP contribution in [0.25, 0.3) is 0 Å². The van der Waals surface area contributed by atoms with E-state index in [-0.39, 0.29) is 23.0 Å². The van der Waals surface area contributed by atoms with E-state index in [1.54, 1.807) is 0 Å². The fourth-order valence-corrected chi connectivity index (χ4v) is 2.25. The number of nitrogens with zero attached hydrogens (tertiary/aromatic N) is 1. The summed E-state index contributed by atoms with van der Waals surface area (Å²) in [6.07, 6.45) is 2.24. The molecule has 0 radical (unpaired) electrons. The van der Waals surface area contributed by atoms with E-state index in [4.69, 9.17) is 5.11 Å². The Kier molecular flexibility index (Phi) is 3.72. The molecule has 18 heavy (non-hydrogen) atoms. The highest BCUT2D eigenvalue weighted by Crippen LogP contribution is 2.22. The van der Waals surface area contributed by atoms with E-state index in [1.807, 2.05) is 7.05 Å². The highest BCUT2D eigenvalue weighted by atomic mass is 16.3. The van der Waals surface area contributed by atoms with E-state index in [9.17, 15) is 9.90 Å². The summed E-state index contributed by atoms with van der Waals surface area (Å²) in [6, 6.07) is 4.33. The highest BCUT2D eigenvalue weighted by molar-refractivity contribution is 5.97. The summed E-state index contributed by atoms with van der Waals surface area (Å²) in [6.45, 7) is 1.64. The van der Waals surface area contributed by atoms with Crippen LogP contribution in [0.5, 0.6) is 11.5 Å². The number of carbonyl (C=O) groups excluding carboxylic acids is 1. The van der Waals surface area contributed by atoms with Crippen molar-refractivity contribution in [3.8, 4) is 11.5 Å². The molecule has 98 valence electrons. The molecule has 1 unspecified atom stereocenters. The molecule has 5 nitrogen and oxygen atoms in total. The van der Waals surface area contributed by atoms with E-state index >= 15 is 0 Å². The van der Waals surface area contributed by atoms with Crippen LogP contribution in [0.1, 0.15) is 23.2 Å². The maximum Gasteiger partial charge on any atom is 0.255 e. The van der Waals surface area contributed by atoms with Crippen LogP contribution in [0.3, 0.4) is 0 Å². The zero-order valence-electron chi connectivity index (χ0n) is 10.4. The maximum absolute atomic E-state index is 11.9. The molecule has 1 aromatic rings. The molecule has 1 heterocycles. The van der Waals surface area contributed by atoms with Crippen molar-refractivity contribution in [3.63, 3.8) is 0 Å². The fraction of sp³-hybridized carbons (Fsp3) is 0.462. The second kappa shape index (κ2) is 5.27. The number of hydrogen-bond donors (Lipinski definition) is 3. The summed E-state index contributed by atoms with van der Waals surface area (Å²) in [4.78, 5) is 14.1. The van der Waals surface area contributed by atoms with Gasteiger partial charge in [0.15, 0.2) is 0 Å². The predicted molar refractivity (Wildman–Crippen MR) is 67.8 cm³/mol. The van der Waals surface area contributed by atoms with Crippen molar-refractivity contribution in [2.45, 2.75) is 18.9 Å². The Labute approximate surface area is 106 Å². The molecule has 1 aliphatic rings. The standard InChI is InChI=1S/C13H18N2O3/c1-15-6-2-3-9(15)8-14-13(18)11-5-4-10(16)7-12(11)17/h4-5,7,9,16-17H,2-3,6,8H2,1H3,(H,14,18). The number of rotatable bonds is 3. The van der Waals surface area contributed by atoms with Crippen LogP contribution in [0.15, 0.2) is 18.2 Å². The minimum Gasteiger partial charge on any atom is -0.508 e. The number of hydrogen-bond acceptors (Lipinski definition) is 4. The lowest BCUT2D eigenvalue weighted by Gasteiger charge is -2.19. The fourth-order valence-electron chi connectivity index (χ4n) is 2.25. The first-order valence-corrected chi connectivity index (χ1v) is 6.08. The zero-order chi connectivity index (χ0) is 13.1. The number of amides is 1. The van der Waals surface area contributed by atoms with E-state index in [2.05, 4.69) is 10.2 Å². The molecule has 2 rings (SSSR count). The minimum absolute atomic E-state index is 0.0559. The number of aromatic hydroxyl groups is 2. The van der Waals surface area contributed by atoms with Crippen LogP contribution in [0.4, 0.5) is 0 Å². The lowest BCUT2D eigenvalue weighted by molar-refractivity contribution is 0.0941. The van der Waals surface area contributed by atoms with Gasteiger partial charge in [0.1, 0.15) is 11.5 Å². The molecule has 0 spiro atoms. The smallest absolute Gasteiger partial charge is 0.255 e. The summed E-state index contributed by atoms with van der Waals surface area (Å²) in [5.41, 5.74) is 0.188. The molecule has 0 aliphatic carbocycles. The Hall–Kier alpha value is -1.75. The van der Waals surface area contributed by atoms with Gasteiger partial charge in [-0.2, -0.15) is 0 Å². The molecule has 1 fully saturated rings. The van der Waals surface area contributed by atoms with Gasteiger partial charge in [-0.05, 0) is 38.6 Å². The van der Waals surface area contributed by atoms with Crippen molar-refractivity contribution in [2.75, 3.05) is 20.1 Å². The summed E-state index contributed by atoms with van der Waals surface area (Å²) in [5.74, 6) is -0.570. The molecular weight excluding hydrogens is 232 g/mol. The third kappa shape index (κ3) is 2.73.